The second kappa shape index (κ2) is 16.3. The van der Waals surface area contributed by atoms with E-state index < -0.39 is 0 Å². The van der Waals surface area contributed by atoms with Gasteiger partial charge in [0.25, 0.3) is 0 Å². The van der Waals surface area contributed by atoms with E-state index in [0.717, 1.165) is 116 Å². The number of anilines is 3. The molecule has 2 N–H and O–H groups in total. The van der Waals surface area contributed by atoms with E-state index >= 15 is 0 Å². The van der Waals surface area contributed by atoms with Crippen LogP contribution in [0.25, 0.3) is 0 Å². The third-order valence-electron chi connectivity index (χ3n) is 9.36. The van der Waals surface area contributed by atoms with Gasteiger partial charge in [-0.25, -0.2) is 0 Å². The van der Waals surface area contributed by atoms with Crippen molar-refractivity contribution in [3.05, 3.63) is 75.8 Å². The first-order chi connectivity index (χ1) is 24.1. The fourth-order valence-corrected chi connectivity index (χ4v) is 8.84. The molecule has 2 saturated heterocycles. The van der Waals surface area contributed by atoms with Crippen LogP contribution in [0.3, 0.4) is 0 Å². The molecule has 3 aliphatic heterocycles. The van der Waals surface area contributed by atoms with Gasteiger partial charge in [-0.3, -0.25) is 14.6 Å². The molecule has 4 aliphatic rings. The number of rotatable bonds is 10. The third kappa shape index (κ3) is 9.07. The van der Waals surface area contributed by atoms with Gasteiger partial charge in [0, 0.05) is 49.4 Å². The molecular weight excluding hydrogens is 659 g/mol. The molecule has 7 rings (SSSR count). The van der Waals surface area contributed by atoms with Crippen LogP contribution in [-0.4, -0.2) is 86.2 Å². The Morgan fingerprint density at radius 2 is 1.41 bits per heavy atom. The Bertz CT molecular complexity index is 1680. The van der Waals surface area contributed by atoms with Crippen LogP contribution in [0.2, 0.25) is 0 Å². The second-order valence-corrected chi connectivity index (χ2v) is 14.9. The topological polar surface area (TPSA) is 121 Å². The fraction of sp³-hybridized carbons (Fsp3) is 0.472. The highest BCUT2D eigenvalue weighted by molar-refractivity contribution is 8.17. The van der Waals surface area contributed by atoms with E-state index in [9.17, 15) is 9.59 Å². The first-order valence-electron chi connectivity index (χ1n) is 17.2. The zero-order valence-electron chi connectivity index (χ0n) is 27.6. The van der Waals surface area contributed by atoms with Crippen molar-refractivity contribution in [3.63, 3.8) is 0 Å². The Hall–Kier alpha value is -3.78. The van der Waals surface area contributed by atoms with E-state index in [2.05, 4.69) is 54.9 Å². The molecule has 2 atom stereocenters. The molecule has 1 saturated carbocycles. The van der Waals surface area contributed by atoms with E-state index in [1.54, 1.807) is 11.8 Å². The number of carbonyl (C=O) groups excluding carboxylic acids is 2. The van der Waals surface area contributed by atoms with Crippen molar-refractivity contribution in [3.8, 4) is 0 Å². The van der Waals surface area contributed by atoms with Gasteiger partial charge in [0.05, 0.1) is 55.9 Å². The van der Waals surface area contributed by atoms with Crippen molar-refractivity contribution in [2.24, 2.45) is 10.9 Å². The average Bonchev–Trinajstić information content (AvgIpc) is 3.61. The summed E-state index contributed by atoms with van der Waals surface area (Å²) in [5, 5.41) is 18.4. The van der Waals surface area contributed by atoms with Crippen LogP contribution in [0.4, 0.5) is 16.5 Å². The molecular formula is C36H43N7O4S2. The Morgan fingerprint density at radius 3 is 2.06 bits per heavy atom. The summed E-state index contributed by atoms with van der Waals surface area (Å²) in [6.07, 6.45) is 6.69. The number of aliphatic imine (C=N–C) groups is 1. The molecule has 13 heteroatoms. The van der Waals surface area contributed by atoms with Crippen LogP contribution in [0.1, 0.15) is 47.7 Å². The molecule has 2 amide bonds. The van der Waals surface area contributed by atoms with Gasteiger partial charge >= 0.3 is 0 Å². The van der Waals surface area contributed by atoms with Crippen LogP contribution < -0.4 is 20.4 Å². The number of amides is 2. The zero-order chi connectivity index (χ0) is 33.4. The van der Waals surface area contributed by atoms with E-state index in [-0.39, 0.29) is 24.2 Å². The number of hydrogen-bond acceptors (Lipinski definition) is 11. The number of nitrogens with zero attached hydrogens (tertiary/aromatic N) is 5. The molecule has 258 valence electrons. The number of carbonyl (C=O) groups is 2. The maximum Gasteiger partial charge on any atom is 0.230 e. The van der Waals surface area contributed by atoms with Crippen LogP contribution in [0.5, 0.6) is 0 Å². The highest BCUT2D eigenvalue weighted by atomic mass is 32.2. The van der Waals surface area contributed by atoms with Gasteiger partial charge in [0.1, 0.15) is 5.01 Å². The van der Waals surface area contributed by atoms with Gasteiger partial charge in [-0.1, -0.05) is 53.8 Å². The summed E-state index contributed by atoms with van der Waals surface area (Å²) in [5.74, 6) is 0.449. The van der Waals surface area contributed by atoms with Crippen LogP contribution in [-0.2, 0) is 31.9 Å². The van der Waals surface area contributed by atoms with Gasteiger partial charge in [-0.2, -0.15) is 0 Å². The lowest BCUT2D eigenvalue weighted by Gasteiger charge is -2.30. The van der Waals surface area contributed by atoms with Crippen LogP contribution in [0.15, 0.2) is 64.6 Å². The smallest absolute Gasteiger partial charge is 0.230 e. The van der Waals surface area contributed by atoms with E-state index in [1.807, 2.05) is 30.3 Å². The number of benzene rings is 2. The average molecular weight is 702 g/mol. The van der Waals surface area contributed by atoms with Crippen molar-refractivity contribution >= 4 is 56.5 Å². The summed E-state index contributed by atoms with van der Waals surface area (Å²) in [5.41, 5.74) is 4.22. The Balaban J connectivity index is 0.890. The summed E-state index contributed by atoms with van der Waals surface area (Å²) >= 11 is 3.05. The number of aromatic nitrogens is 2. The van der Waals surface area contributed by atoms with E-state index in [4.69, 9.17) is 14.5 Å². The highest BCUT2D eigenvalue weighted by Gasteiger charge is 2.31. The lowest BCUT2D eigenvalue weighted by molar-refractivity contribution is -0.119. The SMILES string of the molecule is O=C(Cc1cccc(N2CCOCC2)c1)NC1=CCN=C(C2CCCC(c3nnc(NC(=O)Cc4cccc(N5CCOCC5)c4)s3)C2)S1. The molecule has 2 aromatic carbocycles. The molecule has 2 unspecified atom stereocenters. The maximum atomic E-state index is 13.1. The summed E-state index contributed by atoms with van der Waals surface area (Å²) in [6.45, 7) is 6.92. The lowest BCUT2D eigenvalue weighted by atomic mass is 9.82. The van der Waals surface area contributed by atoms with Gasteiger partial charge in [-0.15, -0.1) is 10.2 Å². The largest absolute Gasteiger partial charge is 0.378 e. The molecule has 1 aromatic heterocycles. The van der Waals surface area contributed by atoms with Crippen LogP contribution >= 0.6 is 23.1 Å². The number of hydrogen-bond donors (Lipinski definition) is 2. The van der Waals surface area contributed by atoms with Crippen molar-refractivity contribution in [1.82, 2.24) is 15.5 Å². The summed E-state index contributed by atoms with van der Waals surface area (Å²) in [4.78, 5) is 35.4. The van der Waals surface area contributed by atoms with Crippen LogP contribution in [0, 0.1) is 5.92 Å². The molecule has 3 aromatic rings. The molecule has 3 fully saturated rings. The first-order valence-corrected chi connectivity index (χ1v) is 18.9. The van der Waals surface area contributed by atoms with Gasteiger partial charge in [0.15, 0.2) is 0 Å². The molecule has 0 radical (unpaired) electrons. The molecule has 49 heavy (non-hydrogen) atoms. The predicted molar refractivity (Wildman–Crippen MR) is 196 cm³/mol. The predicted octanol–water partition coefficient (Wildman–Crippen LogP) is 5.01. The first kappa shape index (κ1) is 33.7. The van der Waals surface area contributed by atoms with Crippen molar-refractivity contribution in [1.29, 1.82) is 0 Å². The maximum absolute atomic E-state index is 13.1. The molecule has 11 nitrogen and oxygen atoms in total. The fourth-order valence-electron chi connectivity index (χ4n) is 6.87. The molecule has 0 spiro atoms. The minimum Gasteiger partial charge on any atom is -0.378 e. The number of morpholine rings is 2. The zero-order valence-corrected chi connectivity index (χ0v) is 29.3. The van der Waals surface area contributed by atoms with Gasteiger partial charge < -0.3 is 29.9 Å². The molecule has 1 aliphatic carbocycles. The summed E-state index contributed by atoms with van der Waals surface area (Å²) in [6, 6.07) is 16.4. The Kier molecular flexibility index (Phi) is 11.2. The van der Waals surface area contributed by atoms with E-state index in [1.165, 1.54) is 11.3 Å². The molecule has 0 bridgehead atoms. The van der Waals surface area contributed by atoms with Gasteiger partial charge in [0.2, 0.25) is 16.9 Å². The number of thioether (sulfide) groups is 1. The summed E-state index contributed by atoms with van der Waals surface area (Å²) < 4.78 is 11.0. The monoisotopic (exact) mass is 701 g/mol. The second-order valence-electron chi connectivity index (χ2n) is 12.8. The quantitative estimate of drug-likeness (QED) is 0.301. The third-order valence-corrected chi connectivity index (χ3v) is 11.5. The van der Waals surface area contributed by atoms with Crippen molar-refractivity contribution in [2.45, 2.75) is 44.4 Å². The minimum absolute atomic E-state index is 0.0195. The van der Waals surface area contributed by atoms with Gasteiger partial charge in [-0.05, 0) is 60.7 Å². The summed E-state index contributed by atoms with van der Waals surface area (Å²) in [7, 11) is 0. The highest BCUT2D eigenvalue weighted by Crippen LogP contribution is 2.41. The normalized spacial score (nSPS) is 21.5. The Morgan fingerprint density at radius 1 is 0.796 bits per heavy atom. The van der Waals surface area contributed by atoms with Crippen molar-refractivity contribution < 1.29 is 19.1 Å². The number of ether oxygens (including phenoxy) is 2. The molecule has 4 heterocycles. The van der Waals surface area contributed by atoms with E-state index in [0.29, 0.717) is 24.0 Å². The number of nitrogens with one attached hydrogen (secondary N) is 2. The lowest BCUT2D eigenvalue weighted by Crippen LogP contribution is -2.36. The standard InChI is InChI=1S/C36H43N7O4S2/c44-31(22-25-4-1-8-29(20-25)42-12-16-46-17-13-42)38-33-10-11-37-34(48-33)27-6-3-7-28(24-27)35-40-41-36(49-35)39-32(45)23-26-5-2-9-30(21-26)43-14-18-47-19-15-43/h1-2,4-5,8-10,20-21,27-28H,3,6-7,11-19,22-24H2,(H,38,44)(H,39,41,45). The minimum atomic E-state index is -0.0949. The van der Waals surface area contributed by atoms with Crippen molar-refractivity contribution in [2.75, 3.05) is 74.3 Å². The Labute approximate surface area is 295 Å².